The van der Waals surface area contributed by atoms with E-state index in [0.717, 1.165) is 65.0 Å². The molecule has 2 fully saturated rings. The van der Waals surface area contributed by atoms with Gasteiger partial charge in [0.25, 0.3) is 0 Å². The van der Waals surface area contributed by atoms with E-state index in [0.29, 0.717) is 6.04 Å². The Morgan fingerprint density at radius 2 is 1.96 bits per heavy atom. The van der Waals surface area contributed by atoms with Crippen molar-refractivity contribution in [3.63, 3.8) is 0 Å². The van der Waals surface area contributed by atoms with Crippen molar-refractivity contribution >= 4 is 11.7 Å². The van der Waals surface area contributed by atoms with Crippen LogP contribution >= 0.6 is 0 Å². The van der Waals surface area contributed by atoms with Crippen LogP contribution in [-0.4, -0.2) is 75.3 Å². The predicted octanol–water partition coefficient (Wildman–Crippen LogP) is 2.25. The maximum absolute atomic E-state index is 12.4. The van der Waals surface area contributed by atoms with Gasteiger partial charge < -0.3 is 24.8 Å². The summed E-state index contributed by atoms with van der Waals surface area (Å²) < 4.78 is 6.50. The number of hydrogen-bond acceptors (Lipinski definition) is 4. The van der Waals surface area contributed by atoms with E-state index in [9.17, 15) is 4.79 Å². The number of urea groups is 1. The average molecular weight is 373 g/mol. The summed E-state index contributed by atoms with van der Waals surface area (Å²) in [6, 6.07) is 9.21. The zero-order chi connectivity index (χ0) is 18.9. The molecule has 1 aromatic carbocycles. The van der Waals surface area contributed by atoms with Gasteiger partial charge >= 0.3 is 6.03 Å². The molecule has 2 amide bonds. The standard InChI is InChI=1S/C21H32N4O2/c1-23(2)13-14-24-15-16-27-21(18-5-3-4-6-19(18)24)9-11-25(12-10-21)20(26)22-17-7-8-17/h3-6,17H,7-16H2,1-2H3,(H,22,26). The van der Waals surface area contributed by atoms with E-state index in [1.807, 2.05) is 4.90 Å². The van der Waals surface area contributed by atoms with Gasteiger partial charge in [0.15, 0.2) is 0 Å². The maximum Gasteiger partial charge on any atom is 0.317 e. The first-order valence-corrected chi connectivity index (χ1v) is 10.3. The summed E-state index contributed by atoms with van der Waals surface area (Å²) in [4.78, 5) is 19.0. The van der Waals surface area contributed by atoms with Crippen LogP contribution in [0, 0.1) is 0 Å². The molecule has 2 aliphatic heterocycles. The summed E-state index contributed by atoms with van der Waals surface area (Å²) in [5.41, 5.74) is 2.33. The molecule has 4 rings (SSSR count). The Labute approximate surface area is 162 Å². The number of benzene rings is 1. The van der Waals surface area contributed by atoms with Gasteiger partial charge in [-0.15, -0.1) is 0 Å². The largest absolute Gasteiger partial charge is 0.368 e. The number of ether oxygens (including phenoxy) is 1. The molecule has 1 aromatic rings. The number of anilines is 1. The number of rotatable bonds is 4. The lowest BCUT2D eigenvalue weighted by Crippen LogP contribution is -2.50. The third-order valence-electron chi connectivity index (χ3n) is 6.06. The summed E-state index contributed by atoms with van der Waals surface area (Å²) in [6.45, 7) is 5.18. The second-order valence-electron chi connectivity index (χ2n) is 8.36. The van der Waals surface area contributed by atoms with Crippen LogP contribution in [0.1, 0.15) is 31.2 Å². The first-order valence-electron chi connectivity index (χ1n) is 10.3. The number of amides is 2. The quantitative estimate of drug-likeness (QED) is 0.881. The Bertz CT molecular complexity index is 666. The molecule has 1 saturated carbocycles. The number of nitrogens with one attached hydrogen (secondary N) is 1. The van der Waals surface area contributed by atoms with Gasteiger partial charge in [0, 0.05) is 50.0 Å². The fourth-order valence-corrected chi connectivity index (χ4v) is 4.22. The van der Waals surface area contributed by atoms with Crippen LogP contribution in [-0.2, 0) is 10.3 Å². The number of fused-ring (bicyclic) bond motifs is 2. The van der Waals surface area contributed by atoms with Crippen molar-refractivity contribution in [2.24, 2.45) is 0 Å². The Morgan fingerprint density at radius 1 is 1.22 bits per heavy atom. The molecule has 1 N–H and O–H groups in total. The summed E-state index contributed by atoms with van der Waals surface area (Å²) in [7, 11) is 4.23. The van der Waals surface area contributed by atoms with E-state index >= 15 is 0 Å². The molecule has 3 aliphatic rings. The average Bonchev–Trinajstić information content (AvgIpc) is 3.49. The van der Waals surface area contributed by atoms with Gasteiger partial charge in [-0.1, -0.05) is 18.2 Å². The van der Waals surface area contributed by atoms with E-state index < -0.39 is 0 Å². The molecule has 0 bridgehead atoms. The van der Waals surface area contributed by atoms with Gasteiger partial charge in [-0.3, -0.25) is 0 Å². The Hall–Kier alpha value is -1.79. The van der Waals surface area contributed by atoms with E-state index in [1.165, 1.54) is 11.3 Å². The molecular weight excluding hydrogens is 340 g/mol. The minimum absolute atomic E-state index is 0.0990. The molecule has 1 saturated heterocycles. The first-order chi connectivity index (χ1) is 13.1. The van der Waals surface area contributed by atoms with Crippen LogP contribution in [0.25, 0.3) is 0 Å². The minimum Gasteiger partial charge on any atom is -0.368 e. The van der Waals surface area contributed by atoms with Crippen molar-refractivity contribution < 1.29 is 9.53 Å². The molecule has 1 spiro atoms. The molecule has 0 unspecified atom stereocenters. The van der Waals surface area contributed by atoms with Crippen LogP contribution in [0.5, 0.6) is 0 Å². The Balaban J connectivity index is 1.50. The zero-order valence-corrected chi connectivity index (χ0v) is 16.6. The van der Waals surface area contributed by atoms with Crippen molar-refractivity contribution in [1.29, 1.82) is 0 Å². The van der Waals surface area contributed by atoms with Crippen LogP contribution in [0.15, 0.2) is 24.3 Å². The lowest BCUT2D eigenvalue weighted by molar-refractivity contribution is -0.0779. The monoisotopic (exact) mass is 372 g/mol. The maximum atomic E-state index is 12.4. The fourth-order valence-electron chi connectivity index (χ4n) is 4.22. The molecule has 148 valence electrons. The molecule has 27 heavy (non-hydrogen) atoms. The number of likely N-dealkylation sites (N-methyl/N-ethyl adjacent to an activating group) is 1. The third-order valence-corrected chi connectivity index (χ3v) is 6.06. The summed E-state index contributed by atoms with van der Waals surface area (Å²) in [5, 5.41) is 3.11. The minimum atomic E-state index is -0.264. The SMILES string of the molecule is CN(C)CCN1CCOC2(CCN(C(=O)NC3CC3)CC2)c2ccccc21. The normalized spacial score (nSPS) is 21.9. The van der Waals surface area contributed by atoms with Gasteiger partial charge in [0.2, 0.25) is 0 Å². The molecule has 6 nitrogen and oxygen atoms in total. The van der Waals surface area contributed by atoms with Gasteiger partial charge in [-0.2, -0.15) is 0 Å². The van der Waals surface area contributed by atoms with E-state index in [-0.39, 0.29) is 11.6 Å². The van der Waals surface area contributed by atoms with Crippen molar-refractivity contribution in [2.75, 3.05) is 58.3 Å². The van der Waals surface area contributed by atoms with Gasteiger partial charge in [-0.05, 0) is 45.8 Å². The van der Waals surface area contributed by atoms with Gasteiger partial charge in [-0.25, -0.2) is 4.79 Å². The molecule has 2 heterocycles. The van der Waals surface area contributed by atoms with Gasteiger partial charge in [0.05, 0.1) is 12.2 Å². The lowest BCUT2D eigenvalue weighted by atomic mass is 9.83. The molecule has 0 aromatic heterocycles. The second kappa shape index (κ2) is 7.68. The zero-order valence-electron chi connectivity index (χ0n) is 16.6. The highest BCUT2D eigenvalue weighted by Gasteiger charge is 2.42. The highest BCUT2D eigenvalue weighted by molar-refractivity contribution is 5.75. The van der Waals surface area contributed by atoms with Crippen LogP contribution in [0.4, 0.5) is 10.5 Å². The molecule has 0 radical (unpaired) electrons. The number of hydrogen-bond donors (Lipinski definition) is 1. The first kappa shape index (κ1) is 18.6. The molecule has 6 heteroatoms. The number of para-hydroxylation sites is 1. The summed E-state index contributed by atoms with van der Waals surface area (Å²) in [6.07, 6.45) is 3.98. The number of nitrogens with zero attached hydrogens (tertiary/aromatic N) is 3. The Kier molecular flexibility index (Phi) is 5.28. The number of likely N-dealkylation sites (tertiary alicyclic amines) is 1. The number of carbonyl (C=O) groups is 1. The lowest BCUT2D eigenvalue weighted by Gasteiger charge is -2.42. The van der Waals surface area contributed by atoms with Crippen molar-refractivity contribution in [2.45, 2.75) is 37.3 Å². The second-order valence-corrected chi connectivity index (χ2v) is 8.36. The summed E-state index contributed by atoms with van der Waals surface area (Å²) >= 11 is 0. The van der Waals surface area contributed by atoms with E-state index in [2.05, 4.69) is 53.5 Å². The fraction of sp³-hybridized carbons (Fsp3) is 0.667. The molecule has 1 aliphatic carbocycles. The third kappa shape index (κ3) is 4.06. The highest BCUT2D eigenvalue weighted by Crippen LogP contribution is 2.43. The Morgan fingerprint density at radius 3 is 2.67 bits per heavy atom. The highest BCUT2D eigenvalue weighted by atomic mass is 16.5. The molecule has 0 atom stereocenters. The number of carbonyl (C=O) groups excluding carboxylic acids is 1. The van der Waals surface area contributed by atoms with E-state index in [4.69, 9.17) is 4.74 Å². The van der Waals surface area contributed by atoms with Gasteiger partial charge in [0.1, 0.15) is 0 Å². The number of piperidine rings is 1. The topological polar surface area (TPSA) is 48.1 Å². The van der Waals surface area contributed by atoms with Crippen molar-refractivity contribution in [3.05, 3.63) is 29.8 Å². The summed E-state index contributed by atoms with van der Waals surface area (Å²) in [5.74, 6) is 0. The van der Waals surface area contributed by atoms with E-state index in [1.54, 1.807) is 0 Å². The molecular formula is C21H32N4O2. The smallest absolute Gasteiger partial charge is 0.317 e. The predicted molar refractivity (Wildman–Crippen MR) is 107 cm³/mol. The van der Waals surface area contributed by atoms with Crippen molar-refractivity contribution in [3.8, 4) is 0 Å². The van der Waals surface area contributed by atoms with Crippen LogP contribution in [0.3, 0.4) is 0 Å². The van der Waals surface area contributed by atoms with Crippen molar-refractivity contribution in [1.82, 2.24) is 15.1 Å². The van der Waals surface area contributed by atoms with Crippen LogP contribution in [0.2, 0.25) is 0 Å². The van der Waals surface area contributed by atoms with Crippen LogP contribution < -0.4 is 10.2 Å².